The molecule has 21 heavy (non-hydrogen) atoms. The third-order valence-electron chi connectivity index (χ3n) is 4.86. The van der Waals surface area contributed by atoms with E-state index in [4.69, 9.17) is 4.74 Å². The van der Waals surface area contributed by atoms with Crippen molar-refractivity contribution < 1.29 is 4.74 Å². The highest BCUT2D eigenvalue weighted by Crippen LogP contribution is 2.37. The number of hydrogen-bond donors (Lipinski definition) is 0. The second-order valence-corrected chi connectivity index (χ2v) is 7.57. The van der Waals surface area contributed by atoms with Gasteiger partial charge in [0.1, 0.15) is 5.75 Å². The zero-order valence-electron chi connectivity index (χ0n) is 13.8. The van der Waals surface area contributed by atoms with Crippen molar-refractivity contribution in [3.05, 3.63) is 29.3 Å². The molecule has 1 fully saturated rings. The summed E-state index contributed by atoms with van der Waals surface area (Å²) < 4.78 is 6.18. The van der Waals surface area contributed by atoms with E-state index in [1.807, 2.05) is 0 Å². The molecule has 0 N–H and O–H groups in total. The maximum absolute atomic E-state index is 6.18. The standard InChI is InChI=1S/C19H29BrO/c1-15(2)18-9-8-17(12-16(18)3)21-14-19(13-20)10-6-4-5-7-11-19/h8-9,12,15H,4-7,10-11,13-14H2,1-3H3. The molecule has 0 aromatic heterocycles. The lowest BCUT2D eigenvalue weighted by Gasteiger charge is -2.30. The van der Waals surface area contributed by atoms with Gasteiger partial charge < -0.3 is 4.74 Å². The van der Waals surface area contributed by atoms with Crippen LogP contribution in [0.25, 0.3) is 0 Å². The van der Waals surface area contributed by atoms with E-state index in [-0.39, 0.29) is 0 Å². The van der Waals surface area contributed by atoms with E-state index in [1.165, 1.54) is 49.7 Å². The van der Waals surface area contributed by atoms with Crippen LogP contribution < -0.4 is 4.74 Å². The molecule has 0 atom stereocenters. The molecule has 0 saturated heterocycles. The Bertz CT molecular complexity index is 445. The van der Waals surface area contributed by atoms with Gasteiger partial charge in [-0.3, -0.25) is 0 Å². The summed E-state index contributed by atoms with van der Waals surface area (Å²) >= 11 is 3.74. The molecular weight excluding hydrogens is 324 g/mol. The van der Waals surface area contributed by atoms with Crippen LogP contribution in [-0.2, 0) is 0 Å². The average molecular weight is 353 g/mol. The lowest BCUT2D eigenvalue weighted by Crippen LogP contribution is -2.30. The van der Waals surface area contributed by atoms with Gasteiger partial charge in [0, 0.05) is 10.7 Å². The van der Waals surface area contributed by atoms with Crippen LogP contribution in [0.3, 0.4) is 0 Å². The van der Waals surface area contributed by atoms with Crippen LogP contribution in [-0.4, -0.2) is 11.9 Å². The summed E-state index contributed by atoms with van der Waals surface area (Å²) in [5.74, 6) is 1.61. The predicted molar refractivity (Wildman–Crippen MR) is 94.7 cm³/mol. The highest BCUT2D eigenvalue weighted by atomic mass is 79.9. The Morgan fingerprint density at radius 1 is 1.14 bits per heavy atom. The van der Waals surface area contributed by atoms with Gasteiger partial charge in [-0.05, 0) is 48.9 Å². The zero-order chi connectivity index (χ0) is 15.3. The quantitative estimate of drug-likeness (QED) is 0.450. The molecule has 0 heterocycles. The molecular formula is C19H29BrO. The maximum Gasteiger partial charge on any atom is 0.119 e. The smallest absolute Gasteiger partial charge is 0.119 e. The lowest BCUT2D eigenvalue weighted by atomic mass is 9.83. The highest BCUT2D eigenvalue weighted by Gasteiger charge is 2.30. The van der Waals surface area contributed by atoms with Gasteiger partial charge in [0.05, 0.1) is 6.61 Å². The summed E-state index contributed by atoms with van der Waals surface area (Å²) in [6.45, 7) is 7.52. The minimum absolute atomic E-state index is 0.334. The van der Waals surface area contributed by atoms with Crippen molar-refractivity contribution in [1.82, 2.24) is 0 Å². The number of benzene rings is 1. The van der Waals surface area contributed by atoms with Gasteiger partial charge >= 0.3 is 0 Å². The Morgan fingerprint density at radius 2 is 1.81 bits per heavy atom. The molecule has 1 aromatic carbocycles. The minimum atomic E-state index is 0.334. The van der Waals surface area contributed by atoms with E-state index in [2.05, 4.69) is 54.9 Å². The van der Waals surface area contributed by atoms with Crippen LogP contribution in [0.2, 0.25) is 0 Å². The van der Waals surface area contributed by atoms with Crippen molar-refractivity contribution in [2.24, 2.45) is 5.41 Å². The summed E-state index contributed by atoms with van der Waals surface area (Å²) in [5, 5.41) is 1.06. The van der Waals surface area contributed by atoms with E-state index in [1.54, 1.807) is 0 Å². The molecule has 1 nitrogen and oxygen atoms in total. The van der Waals surface area contributed by atoms with E-state index in [9.17, 15) is 0 Å². The van der Waals surface area contributed by atoms with E-state index in [0.717, 1.165) is 17.7 Å². The second kappa shape index (κ2) is 7.67. The number of halogens is 1. The van der Waals surface area contributed by atoms with Gasteiger partial charge in [-0.15, -0.1) is 0 Å². The molecule has 1 aromatic rings. The molecule has 2 heteroatoms. The molecule has 0 spiro atoms. The van der Waals surface area contributed by atoms with Crippen molar-refractivity contribution in [2.75, 3.05) is 11.9 Å². The van der Waals surface area contributed by atoms with Crippen LogP contribution in [0.15, 0.2) is 18.2 Å². The normalized spacial score (nSPS) is 18.5. The monoisotopic (exact) mass is 352 g/mol. The summed E-state index contributed by atoms with van der Waals surface area (Å²) in [6, 6.07) is 6.57. The highest BCUT2D eigenvalue weighted by molar-refractivity contribution is 9.09. The number of ether oxygens (including phenoxy) is 1. The topological polar surface area (TPSA) is 9.23 Å². The van der Waals surface area contributed by atoms with Crippen molar-refractivity contribution in [3.8, 4) is 5.75 Å². The first kappa shape index (κ1) is 16.9. The Morgan fingerprint density at radius 3 is 2.33 bits per heavy atom. The van der Waals surface area contributed by atoms with Crippen molar-refractivity contribution in [3.63, 3.8) is 0 Å². The van der Waals surface area contributed by atoms with E-state index in [0.29, 0.717) is 11.3 Å². The number of alkyl halides is 1. The van der Waals surface area contributed by atoms with E-state index >= 15 is 0 Å². The van der Waals surface area contributed by atoms with Crippen molar-refractivity contribution in [2.45, 2.75) is 65.2 Å². The summed E-state index contributed by atoms with van der Waals surface area (Å²) in [5.41, 5.74) is 3.10. The predicted octanol–water partition coefficient (Wildman–Crippen LogP) is 6.23. The molecule has 2 rings (SSSR count). The minimum Gasteiger partial charge on any atom is -0.493 e. The van der Waals surface area contributed by atoms with Crippen molar-refractivity contribution in [1.29, 1.82) is 0 Å². The van der Waals surface area contributed by atoms with Crippen LogP contribution in [0.5, 0.6) is 5.75 Å². The Kier molecular flexibility index (Phi) is 6.16. The van der Waals surface area contributed by atoms with Crippen LogP contribution >= 0.6 is 15.9 Å². The first-order valence-corrected chi connectivity index (χ1v) is 9.48. The van der Waals surface area contributed by atoms with Crippen LogP contribution in [0.1, 0.15) is 69.4 Å². The van der Waals surface area contributed by atoms with Gasteiger partial charge in [0.2, 0.25) is 0 Å². The lowest BCUT2D eigenvalue weighted by molar-refractivity contribution is 0.149. The van der Waals surface area contributed by atoms with E-state index < -0.39 is 0 Å². The Balaban J connectivity index is 2.02. The van der Waals surface area contributed by atoms with Gasteiger partial charge in [0.15, 0.2) is 0 Å². The molecule has 118 valence electrons. The SMILES string of the molecule is Cc1cc(OCC2(CBr)CCCCCC2)ccc1C(C)C. The molecule has 1 aliphatic carbocycles. The van der Waals surface area contributed by atoms with Gasteiger partial charge in [-0.1, -0.05) is 61.5 Å². The molecule has 0 bridgehead atoms. The Labute approximate surface area is 138 Å². The first-order chi connectivity index (χ1) is 10.1. The molecule has 1 aliphatic rings. The average Bonchev–Trinajstić information content (AvgIpc) is 2.71. The summed E-state index contributed by atoms with van der Waals surface area (Å²) in [6.07, 6.45) is 8.05. The molecule has 1 saturated carbocycles. The van der Waals surface area contributed by atoms with Crippen LogP contribution in [0, 0.1) is 12.3 Å². The molecule has 0 radical (unpaired) electrons. The third kappa shape index (κ3) is 4.48. The van der Waals surface area contributed by atoms with Gasteiger partial charge in [0.25, 0.3) is 0 Å². The van der Waals surface area contributed by atoms with Crippen LogP contribution in [0.4, 0.5) is 0 Å². The van der Waals surface area contributed by atoms with Gasteiger partial charge in [-0.2, -0.15) is 0 Å². The largest absolute Gasteiger partial charge is 0.493 e. The summed E-state index contributed by atoms with van der Waals surface area (Å²) in [7, 11) is 0. The Hall–Kier alpha value is -0.500. The molecule has 0 aliphatic heterocycles. The maximum atomic E-state index is 6.18. The van der Waals surface area contributed by atoms with Crippen molar-refractivity contribution >= 4 is 15.9 Å². The molecule has 0 unspecified atom stereocenters. The molecule has 0 amide bonds. The first-order valence-electron chi connectivity index (χ1n) is 8.36. The number of aryl methyl sites for hydroxylation is 1. The summed E-state index contributed by atoms with van der Waals surface area (Å²) in [4.78, 5) is 0. The fourth-order valence-corrected chi connectivity index (χ4v) is 4.14. The number of hydrogen-bond acceptors (Lipinski definition) is 1. The van der Waals surface area contributed by atoms with Gasteiger partial charge in [-0.25, -0.2) is 0 Å². The third-order valence-corrected chi connectivity index (χ3v) is 6.05. The fraction of sp³-hybridized carbons (Fsp3) is 0.684. The fourth-order valence-electron chi connectivity index (χ4n) is 3.42. The second-order valence-electron chi connectivity index (χ2n) is 7.01. The zero-order valence-corrected chi connectivity index (χ0v) is 15.3. The number of rotatable bonds is 5.